The van der Waals surface area contributed by atoms with Crippen molar-refractivity contribution in [1.29, 1.82) is 0 Å². The molecule has 1 aromatic heterocycles. The molecule has 7 nitrogen and oxygen atoms in total. The number of carbonyl (C=O) groups excluding carboxylic acids is 1. The van der Waals surface area contributed by atoms with Gasteiger partial charge >= 0.3 is 0 Å². The highest BCUT2D eigenvalue weighted by Crippen LogP contribution is 1.89. The molecule has 0 radical (unpaired) electrons. The van der Waals surface area contributed by atoms with E-state index in [-0.39, 0.29) is 5.69 Å². The minimum atomic E-state index is -0.407. The molecule has 0 aromatic carbocycles. The molecule has 0 bridgehead atoms. The van der Waals surface area contributed by atoms with Crippen molar-refractivity contribution in [2.75, 3.05) is 7.05 Å². The first-order valence-corrected chi connectivity index (χ1v) is 3.20. The Labute approximate surface area is 68.2 Å². The quantitative estimate of drug-likeness (QED) is 0.425. The molecule has 0 aliphatic heterocycles. The Morgan fingerprint density at radius 1 is 1.67 bits per heavy atom. The summed E-state index contributed by atoms with van der Waals surface area (Å²) in [7, 11) is 1.57. The summed E-state index contributed by atoms with van der Waals surface area (Å²) >= 11 is 0. The van der Waals surface area contributed by atoms with Crippen molar-refractivity contribution in [3.05, 3.63) is 18.2 Å². The Hall–Kier alpha value is -1.92. The molecular formula is C5H8N6O. The summed E-state index contributed by atoms with van der Waals surface area (Å²) in [6, 6.07) is 0. The zero-order valence-electron chi connectivity index (χ0n) is 6.40. The maximum atomic E-state index is 11.0. The van der Waals surface area contributed by atoms with E-state index in [2.05, 4.69) is 31.3 Å². The number of carbonyl (C=O) groups is 1. The Kier molecular flexibility index (Phi) is 2.77. The SMILES string of the molecule is CNN=NNC(=O)c1c[nH]cn1. The smallest absolute Gasteiger partial charge is 0.292 e. The van der Waals surface area contributed by atoms with Gasteiger partial charge in [0.25, 0.3) is 5.91 Å². The van der Waals surface area contributed by atoms with Crippen LogP contribution in [-0.4, -0.2) is 22.9 Å². The summed E-state index contributed by atoms with van der Waals surface area (Å²) in [4.78, 5) is 17.4. The van der Waals surface area contributed by atoms with E-state index in [1.807, 2.05) is 0 Å². The van der Waals surface area contributed by atoms with E-state index in [4.69, 9.17) is 0 Å². The van der Waals surface area contributed by atoms with Crippen molar-refractivity contribution in [2.45, 2.75) is 0 Å². The Balaban J connectivity index is 2.45. The van der Waals surface area contributed by atoms with Crippen molar-refractivity contribution in [3.8, 4) is 0 Å². The van der Waals surface area contributed by atoms with Crippen LogP contribution in [0.3, 0.4) is 0 Å². The lowest BCUT2D eigenvalue weighted by Crippen LogP contribution is -2.17. The molecule has 0 saturated carbocycles. The lowest BCUT2D eigenvalue weighted by molar-refractivity contribution is 0.0946. The molecule has 3 N–H and O–H groups in total. The van der Waals surface area contributed by atoms with E-state index in [0.717, 1.165) is 0 Å². The van der Waals surface area contributed by atoms with E-state index >= 15 is 0 Å². The fraction of sp³-hybridized carbons (Fsp3) is 0.200. The summed E-state index contributed by atoms with van der Waals surface area (Å²) < 4.78 is 0. The van der Waals surface area contributed by atoms with Gasteiger partial charge in [-0.2, -0.15) is 0 Å². The average molecular weight is 168 g/mol. The maximum Gasteiger partial charge on any atom is 0.292 e. The Bertz CT molecular complexity index is 265. The number of aromatic amines is 1. The van der Waals surface area contributed by atoms with Crippen molar-refractivity contribution in [3.63, 3.8) is 0 Å². The second-order valence-electron chi connectivity index (χ2n) is 1.82. The number of imidazole rings is 1. The predicted octanol–water partition coefficient (Wildman–Crippen LogP) is -0.359. The van der Waals surface area contributed by atoms with E-state index in [9.17, 15) is 4.79 Å². The lowest BCUT2D eigenvalue weighted by Gasteiger charge is -1.91. The van der Waals surface area contributed by atoms with Crippen LogP contribution in [0.1, 0.15) is 10.5 Å². The van der Waals surface area contributed by atoms with Gasteiger partial charge in [-0.15, -0.1) is 0 Å². The maximum absolute atomic E-state index is 11.0. The third-order valence-corrected chi connectivity index (χ3v) is 1.03. The standard InChI is InChI=1S/C5H8N6O/c1-6-10-11-9-5(12)4-2-7-3-8-4/h2-3H,1H3,(H,6,11)(H,7,8)(H,9,10,12). The highest BCUT2D eigenvalue weighted by Gasteiger charge is 2.04. The van der Waals surface area contributed by atoms with Crippen LogP contribution in [0.5, 0.6) is 0 Å². The van der Waals surface area contributed by atoms with Gasteiger partial charge in [-0.3, -0.25) is 10.2 Å². The van der Waals surface area contributed by atoms with Crippen molar-refractivity contribution in [1.82, 2.24) is 20.8 Å². The van der Waals surface area contributed by atoms with Crippen LogP contribution < -0.4 is 10.9 Å². The topological polar surface area (TPSA) is 94.5 Å². The number of amides is 1. The van der Waals surface area contributed by atoms with Crippen LogP contribution in [-0.2, 0) is 0 Å². The fourth-order valence-corrected chi connectivity index (χ4v) is 0.562. The van der Waals surface area contributed by atoms with Crippen molar-refractivity contribution >= 4 is 5.91 Å². The third kappa shape index (κ3) is 2.04. The number of hydrogen-bond acceptors (Lipinski definition) is 4. The van der Waals surface area contributed by atoms with Gasteiger partial charge in [0, 0.05) is 13.2 Å². The largest absolute Gasteiger partial charge is 0.350 e. The Morgan fingerprint density at radius 2 is 2.50 bits per heavy atom. The zero-order chi connectivity index (χ0) is 8.81. The molecule has 0 saturated heterocycles. The number of H-pyrrole nitrogens is 1. The molecule has 0 fully saturated rings. The summed E-state index contributed by atoms with van der Waals surface area (Å²) in [5, 5.41) is 6.63. The van der Waals surface area contributed by atoms with Crippen LogP contribution in [0.25, 0.3) is 0 Å². The van der Waals surface area contributed by atoms with E-state index in [0.29, 0.717) is 0 Å². The molecule has 1 heterocycles. The van der Waals surface area contributed by atoms with Gasteiger partial charge < -0.3 is 4.98 Å². The molecule has 7 heteroatoms. The van der Waals surface area contributed by atoms with E-state index in [1.54, 1.807) is 7.05 Å². The molecule has 0 aliphatic carbocycles. The van der Waals surface area contributed by atoms with Gasteiger partial charge in [-0.1, -0.05) is 5.22 Å². The predicted molar refractivity (Wildman–Crippen MR) is 40.0 cm³/mol. The van der Waals surface area contributed by atoms with Gasteiger partial charge in [-0.05, 0) is 5.22 Å². The summed E-state index contributed by atoms with van der Waals surface area (Å²) in [5.74, 6) is -0.407. The van der Waals surface area contributed by atoms with E-state index in [1.165, 1.54) is 12.5 Å². The first kappa shape index (κ1) is 8.18. The van der Waals surface area contributed by atoms with E-state index < -0.39 is 5.91 Å². The van der Waals surface area contributed by atoms with Gasteiger partial charge in [0.2, 0.25) is 0 Å². The number of nitrogens with zero attached hydrogens (tertiary/aromatic N) is 3. The monoisotopic (exact) mass is 168 g/mol. The van der Waals surface area contributed by atoms with Crippen LogP contribution in [0, 0.1) is 0 Å². The van der Waals surface area contributed by atoms with Gasteiger partial charge in [0.1, 0.15) is 5.69 Å². The van der Waals surface area contributed by atoms with Gasteiger partial charge in [-0.25, -0.2) is 10.4 Å². The van der Waals surface area contributed by atoms with Gasteiger partial charge in [0.05, 0.1) is 6.33 Å². The van der Waals surface area contributed by atoms with Crippen molar-refractivity contribution < 1.29 is 4.79 Å². The minimum Gasteiger partial charge on any atom is -0.350 e. The summed E-state index contributed by atoms with van der Waals surface area (Å²) in [6.45, 7) is 0. The second kappa shape index (κ2) is 4.06. The Morgan fingerprint density at radius 3 is 3.08 bits per heavy atom. The average Bonchev–Trinajstić information content (AvgIpc) is 2.56. The lowest BCUT2D eigenvalue weighted by atomic mass is 10.5. The fourth-order valence-electron chi connectivity index (χ4n) is 0.562. The highest BCUT2D eigenvalue weighted by atomic mass is 16.2. The first-order valence-electron chi connectivity index (χ1n) is 3.20. The third-order valence-electron chi connectivity index (χ3n) is 1.03. The molecule has 12 heavy (non-hydrogen) atoms. The first-order chi connectivity index (χ1) is 5.84. The van der Waals surface area contributed by atoms with Crippen molar-refractivity contribution in [2.24, 2.45) is 10.4 Å². The molecule has 1 rings (SSSR count). The molecule has 64 valence electrons. The molecule has 1 amide bonds. The highest BCUT2D eigenvalue weighted by molar-refractivity contribution is 5.91. The number of nitrogens with one attached hydrogen (secondary N) is 3. The minimum absolute atomic E-state index is 0.269. The second-order valence-corrected chi connectivity index (χ2v) is 1.82. The molecule has 1 aromatic rings. The van der Waals surface area contributed by atoms with Crippen LogP contribution in [0.2, 0.25) is 0 Å². The van der Waals surface area contributed by atoms with Crippen LogP contribution >= 0.6 is 0 Å². The summed E-state index contributed by atoms with van der Waals surface area (Å²) in [6.07, 6.45) is 2.87. The molecular weight excluding hydrogens is 160 g/mol. The molecule has 0 atom stereocenters. The zero-order valence-corrected chi connectivity index (χ0v) is 6.40. The number of aromatic nitrogens is 2. The normalized spacial score (nSPS) is 10.1. The molecule has 0 aliphatic rings. The van der Waals surface area contributed by atoms with Crippen LogP contribution in [0.4, 0.5) is 0 Å². The summed E-state index contributed by atoms with van der Waals surface area (Å²) in [5.41, 5.74) is 4.81. The number of hydrogen-bond donors (Lipinski definition) is 3. The van der Waals surface area contributed by atoms with Crippen LogP contribution in [0.15, 0.2) is 23.0 Å². The molecule has 0 unspecified atom stereocenters. The molecule has 0 spiro atoms. The van der Waals surface area contributed by atoms with Gasteiger partial charge in [0.15, 0.2) is 0 Å². The number of rotatable bonds is 3.